The molecule has 0 aliphatic heterocycles. The summed E-state index contributed by atoms with van der Waals surface area (Å²) in [5.74, 6) is -0.424. The van der Waals surface area contributed by atoms with Crippen LogP contribution >= 0.6 is 0 Å². The maximum absolute atomic E-state index is 10.2. The molecule has 0 N–H and O–H groups in total. The molecule has 10 heavy (non-hydrogen) atoms. The Morgan fingerprint density at radius 2 is 2.20 bits per heavy atom. The van der Waals surface area contributed by atoms with Crippen LogP contribution in [0.1, 0.15) is 6.42 Å². The van der Waals surface area contributed by atoms with Gasteiger partial charge in [-0.25, -0.2) is 0 Å². The van der Waals surface area contributed by atoms with Crippen LogP contribution in [-0.4, -0.2) is 24.4 Å². The number of nitro groups is 1. The Hall–Kier alpha value is -0.507. The third-order valence-electron chi connectivity index (χ3n) is 0.758. The summed E-state index contributed by atoms with van der Waals surface area (Å²) in [6.07, 6.45) is -0.0938. The number of hydrogen-bond acceptors (Lipinski definition) is 3. The second kappa shape index (κ2) is 6.61. The van der Waals surface area contributed by atoms with Gasteiger partial charge in [0.2, 0.25) is 6.54 Å². The molecule has 0 fully saturated rings. The van der Waals surface area contributed by atoms with Gasteiger partial charge in [-0.3, -0.25) is 10.1 Å². The van der Waals surface area contributed by atoms with Crippen molar-refractivity contribution < 1.29 is 29.2 Å². The first kappa shape index (κ1) is 12.2. The molecule has 0 aromatic rings. The fourth-order valence-electron chi connectivity index (χ4n) is 0.299. The van der Waals surface area contributed by atoms with Crippen molar-refractivity contribution >= 4 is 5.91 Å². The van der Waals surface area contributed by atoms with Gasteiger partial charge < -0.3 is 10.1 Å². The zero-order valence-electron chi connectivity index (χ0n) is 5.37. The molecule has 0 saturated heterocycles. The molecule has 0 saturated carbocycles. The normalized spacial score (nSPS) is 7.70. The van der Waals surface area contributed by atoms with Crippen LogP contribution in [0.15, 0.2) is 0 Å². The predicted molar refractivity (Wildman–Crippen MR) is 30.8 cm³/mol. The minimum atomic E-state index is -0.539. The van der Waals surface area contributed by atoms with Gasteiger partial charge in [-0.05, 0) is 0 Å². The molecule has 0 atom stereocenters. The molecule has 61 valence electrons. The monoisotopic (exact) mass is 234 g/mol. The van der Waals surface area contributed by atoms with E-state index in [4.69, 9.17) is 0 Å². The van der Waals surface area contributed by atoms with Crippen LogP contribution in [0, 0.1) is 10.1 Å². The zero-order chi connectivity index (χ0) is 7.28. The second-order valence-electron chi connectivity index (χ2n) is 1.42. The Balaban J connectivity index is 0. The molecule has 0 spiro atoms. The van der Waals surface area contributed by atoms with E-state index in [9.17, 15) is 14.9 Å². The topological polar surface area (TPSA) is 74.3 Å². The van der Waals surface area contributed by atoms with Gasteiger partial charge in [0, 0.05) is 24.4 Å². The first-order chi connectivity index (χ1) is 4.16. The van der Waals surface area contributed by atoms with E-state index in [0.717, 1.165) is 0 Å². The van der Waals surface area contributed by atoms with Crippen molar-refractivity contribution in [3.63, 3.8) is 0 Å². The molecule has 5 nitrogen and oxygen atoms in total. The van der Waals surface area contributed by atoms with Crippen molar-refractivity contribution in [3.05, 3.63) is 15.4 Å². The van der Waals surface area contributed by atoms with Crippen molar-refractivity contribution in [1.29, 1.82) is 0 Å². The van der Waals surface area contributed by atoms with Crippen molar-refractivity contribution in [3.8, 4) is 0 Å². The van der Waals surface area contributed by atoms with Crippen LogP contribution in [0.2, 0.25) is 0 Å². The standard InChI is InChI=1S/C4H8N2O3.Rh/c1-5-4(7)2-3-6(8)9;/h2-3H2,1H3,(H,5,7);/p-1. The van der Waals surface area contributed by atoms with Crippen molar-refractivity contribution in [2.24, 2.45) is 0 Å². The molecule has 1 radical (unpaired) electrons. The Kier molecular flexibility index (Phi) is 8.06. The summed E-state index contributed by atoms with van der Waals surface area (Å²) in [7, 11) is 1.32. The summed E-state index contributed by atoms with van der Waals surface area (Å²) in [5, 5.41) is 12.8. The first-order valence-corrected chi connectivity index (χ1v) is 2.41. The van der Waals surface area contributed by atoms with Crippen LogP contribution in [0.3, 0.4) is 0 Å². The molecule has 6 heteroatoms. The summed E-state index contributed by atoms with van der Waals surface area (Å²) in [6, 6.07) is 0. The van der Waals surface area contributed by atoms with Crippen molar-refractivity contribution in [1.82, 2.24) is 0 Å². The van der Waals surface area contributed by atoms with E-state index >= 15 is 0 Å². The van der Waals surface area contributed by atoms with E-state index in [2.05, 4.69) is 5.32 Å². The van der Waals surface area contributed by atoms with Crippen LogP contribution in [0.25, 0.3) is 5.32 Å². The summed E-state index contributed by atoms with van der Waals surface area (Å²) < 4.78 is 0. The summed E-state index contributed by atoms with van der Waals surface area (Å²) in [5.41, 5.74) is 0. The Bertz CT molecular complexity index is 128. The number of nitrogens with zero attached hydrogens (tertiary/aromatic N) is 2. The molecule has 0 aliphatic carbocycles. The SMILES string of the molecule is C[N-]C(=O)CC[N+](=O)[O-].[Rh]. The van der Waals surface area contributed by atoms with Gasteiger partial charge in [-0.1, -0.05) is 0 Å². The molecule has 0 aliphatic rings. The minimum Gasteiger partial charge on any atom is -0.656 e. The van der Waals surface area contributed by atoms with Crippen molar-refractivity contribution in [2.75, 3.05) is 13.6 Å². The van der Waals surface area contributed by atoms with E-state index < -0.39 is 10.8 Å². The summed E-state index contributed by atoms with van der Waals surface area (Å²) in [6.45, 7) is -0.323. The average molecular weight is 234 g/mol. The summed E-state index contributed by atoms with van der Waals surface area (Å²) >= 11 is 0. The molecule has 1 amide bonds. The first-order valence-electron chi connectivity index (χ1n) is 2.41. The number of rotatable bonds is 3. The van der Waals surface area contributed by atoms with E-state index in [1.807, 2.05) is 0 Å². The quantitative estimate of drug-likeness (QED) is 0.397. The fraction of sp³-hybridized carbons (Fsp3) is 0.750. The molecule has 0 aromatic heterocycles. The van der Waals surface area contributed by atoms with E-state index in [1.54, 1.807) is 0 Å². The van der Waals surface area contributed by atoms with E-state index in [-0.39, 0.29) is 32.4 Å². The Morgan fingerprint density at radius 3 is 2.50 bits per heavy atom. The molecule has 0 unspecified atom stereocenters. The van der Waals surface area contributed by atoms with Gasteiger partial charge in [0.15, 0.2) is 0 Å². The van der Waals surface area contributed by atoms with Crippen LogP contribution < -0.4 is 0 Å². The number of carbonyl (C=O) groups is 1. The molecule has 0 aromatic carbocycles. The van der Waals surface area contributed by atoms with Crippen LogP contribution in [-0.2, 0) is 24.3 Å². The average Bonchev–Trinajstić information content (AvgIpc) is 1.83. The molecular weight excluding hydrogens is 227 g/mol. The third kappa shape index (κ3) is 7.49. The van der Waals surface area contributed by atoms with Crippen LogP contribution in [0.4, 0.5) is 0 Å². The number of carbonyl (C=O) groups excluding carboxylic acids is 1. The third-order valence-corrected chi connectivity index (χ3v) is 0.758. The number of hydrogen-bond donors (Lipinski definition) is 0. The maximum Gasteiger partial charge on any atom is 0.209 e. The van der Waals surface area contributed by atoms with Gasteiger partial charge in [-0.2, -0.15) is 0 Å². The Labute approximate surface area is 71.1 Å². The smallest absolute Gasteiger partial charge is 0.209 e. The van der Waals surface area contributed by atoms with E-state index in [1.165, 1.54) is 7.05 Å². The predicted octanol–water partition coefficient (Wildman–Crippen LogP) is 0.181. The minimum absolute atomic E-state index is 0. The van der Waals surface area contributed by atoms with E-state index in [0.29, 0.717) is 0 Å². The number of amides is 1. The molecule has 0 bridgehead atoms. The molecule has 0 heterocycles. The fourth-order valence-corrected chi connectivity index (χ4v) is 0.299. The van der Waals surface area contributed by atoms with Gasteiger partial charge in [0.1, 0.15) is 0 Å². The Morgan fingerprint density at radius 1 is 1.70 bits per heavy atom. The second-order valence-corrected chi connectivity index (χ2v) is 1.42. The van der Waals surface area contributed by atoms with Gasteiger partial charge in [0.05, 0.1) is 12.3 Å². The van der Waals surface area contributed by atoms with Crippen molar-refractivity contribution in [2.45, 2.75) is 6.42 Å². The summed E-state index contributed by atoms with van der Waals surface area (Å²) in [4.78, 5) is 19.3. The van der Waals surface area contributed by atoms with Gasteiger partial charge in [-0.15, -0.1) is 7.05 Å². The molecular formula is C4H7N2O3Rh-. The van der Waals surface area contributed by atoms with Gasteiger partial charge >= 0.3 is 0 Å². The zero-order valence-corrected chi connectivity index (χ0v) is 7.01. The largest absolute Gasteiger partial charge is 0.656 e. The molecule has 0 rings (SSSR count). The maximum atomic E-state index is 10.2. The van der Waals surface area contributed by atoms with Crippen LogP contribution in [0.5, 0.6) is 0 Å². The van der Waals surface area contributed by atoms with Gasteiger partial charge in [0.25, 0.3) is 0 Å².